The molecular weight excluding hydrogens is 500 g/mol. The van der Waals surface area contributed by atoms with Crippen LogP contribution in [-0.4, -0.2) is 28.1 Å². The van der Waals surface area contributed by atoms with Gasteiger partial charge in [-0.05, 0) is 77.4 Å². The zero-order chi connectivity index (χ0) is 25.7. The van der Waals surface area contributed by atoms with Gasteiger partial charge in [-0.1, -0.05) is 90.7 Å². The first-order valence-corrected chi connectivity index (χ1v) is 20.3. The monoisotopic (exact) mass is 539 g/mol. The molecule has 0 spiro atoms. The van der Waals surface area contributed by atoms with Crippen LogP contribution in [-0.2, 0) is 11.8 Å². The zero-order valence-electron chi connectivity index (χ0n) is 22.3. The second kappa shape index (κ2) is 9.21. The van der Waals surface area contributed by atoms with Gasteiger partial charge in [-0.25, -0.2) is 4.74 Å². The minimum absolute atomic E-state index is 0.0723. The van der Waals surface area contributed by atoms with Gasteiger partial charge in [0.2, 0.25) is 8.40 Å². The Morgan fingerprint density at radius 1 is 0.657 bits per heavy atom. The molecule has 0 bridgehead atoms. The first-order chi connectivity index (χ1) is 16.3. The maximum Gasteiger partial charge on any atom is 0.213 e. The fourth-order valence-electron chi connectivity index (χ4n) is 6.02. The van der Waals surface area contributed by atoms with Gasteiger partial charge in [-0.2, -0.15) is 0 Å². The normalized spacial score (nSPS) is 18.6. The van der Waals surface area contributed by atoms with Crippen molar-refractivity contribution in [1.29, 1.82) is 0 Å². The summed E-state index contributed by atoms with van der Waals surface area (Å²) in [7, 11) is -4.52. The third-order valence-corrected chi connectivity index (χ3v) is 29.2. The summed E-state index contributed by atoms with van der Waals surface area (Å²) in [6.07, 6.45) is 0. The third kappa shape index (κ3) is 4.29. The molecule has 1 fully saturated rings. The molecule has 1 aliphatic rings. The highest BCUT2D eigenvalue weighted by atomic mass is 32.6. The van der Waals surface area contributed by atoms with E-state index in [1.807, 2.05) is 0 Å². The van der Waals surface area contributed by atoms with Crippen LogP contribution in [0.2, 0.25) is 13.1 Å². The summed E-state index contributed by atoms with van der Waals surface area (Å²) in [4.78, 5) is 0. The number of hydrogen-bond donors (Lipinski definition) is 0. The Kier molecular flexibility index (Phi) is 7.03. The van der Waals surface area contributed by atoms with Crippen molar-refractivity contribution in [2.45, 2.75) is 65.7 Å². The van der Waals surface area contributed by atoms with Gasteiger partial charge in [-0.3, -0.25) is 8.67 Å². The molecule has 0 amide bonds. The van der Waals surface area contributed by atoms with E-state index in [4.69, 9.17) is 16.6 Å². The van der Waals surface area contributed by atoms with Crippen LogP contribution in [0.15, 0.2) is 95.7 Å². The molecule has 3 aromatic carbocycles. The quantitative estimate of drug-likeness (QED) is 0.245. The van der Waals surface area contributed by atoms with E-state index in [1.54, 1.807) is 0 Å². The topological polar surface area (TPSA) is 18.8 Å². The molecule has 7 heteroatoms. The zero-order valence-corrected chi connectivity index (χ0v) is 25.9. The van der Waals surface area contributed by atoms with E-state index in [0.29, 0.717) is 0 Å². The van der Waals surface area contributed by atoms with Crippen molar-refractivity contribution in [3.05, 3.63) is 91.0 Å². The van der Waals surface area contributed by atoms with Gasteiger partial charge in [0.1, 0.15) is 7.04 Å². The third-order valence-electron chi connectivity index (χ3n) is 6.44. The molecule has 186 valence electrons. The van der Waals surface area contributed by atoms with E-state index < -0.39 is 21.2 Å². The van der Waals surface area contributed by atoms with Crippen molar-refractivity contribution < 1.29 is 0 Å². The Bertz CT molecular complexity index is 1210. The van der Waals surface area contributed by atoms with Crippen LogP contribution < -0.4 is 10.6 Å². The fraction of sp³-hybridized carbons (Fsp3) is 0.357. The van der Waals surface area contributed by atoms with Gasteiger partial charge in [-0.15, -0.1) is 0 Å². The maximum atomic E-state index is 7.12. The van der Waals surface area contributed by atoms with Crippen molar-refractivity contribution in [2.24, 2.45) is 4.74 Å². The van der Waals surface area contributed by atoms with Crippen molar-refractivity contribution in [3.8, 4) is 0 Å². The minimum atomic E-state index is -2.46. The van der Waals surface area contributed by atoms with Crippen LogP contribution in [0.5, 0.6) is 0 Å². The Morgan fingerprint density at radius 3 is 1.34 bits per heavy atom. The molecule has 1 saturated heterocycles. The van der Waals surface area contributed by atoms with Gasteiger partial charge < -0.3 is 0 Å². The van der Waals surface area contributed by atoms with E-state index >= 15 is 0 Å². The lowest BCUT2D eigenvalue weighted by molar-refractivity contribution is 0.240. The molecule has 4 rings (SSSR count). The summed E-state index contributed by atoms with van der Waals surface area (Å²) in [5, 5.41) is 2.50. The lowest BCUT2D eigenvalue weighted by atomic mass is 10.1. The summed E-state index contributed by atoms with van der Waals surface area (Å²) in [5.41, 5.74) is -1.57. The minimum Gasteiger partial charge on any atom is -0.256 e. The first kappa shape index (κ1) is 26.7. The van der Waals surface area contributed by atoms with E-state index in [-0.39, 0.29) is 11.1 Å². The van der Waals surface area contributed by atoms with E-state index in [2.05, 4.69) is 154 Å². The number of rotatable bonds is 4. The molecule has 0 saturated carbocycles. The highest BCUT2D eigenvalue weighted by molar-refractivity contribution is 8.60. The molecular formula is C28H39N3P2SSi. The van der Waals surface area contributed by atoms with Crippen molar-refractivity contribution in [3.63, 3.8) is 0 Å². The maximum absolute atomic E-state index is 7.12. The number of hydrogen-bond acceptors (Lipinski definition) is 2. The first-order valence-electron chi connectivity index (χ1n) is 12.3. The molecule has 1 heterocycles. The molecule has 0 atom stereocenters. The number of nitrogens with zero attached hydrogens (tertiary/aromatic N) is 3. The van der Waals surface area contributed by atoms with E-state index in [0.717, 1.165) is 5.69 Å². The van der Waals surface area contributed by atoms with Gasteiger partial charge >= 0.3 is 0 Å². The largest absolute Gasteiger partial charge is 0.256 e. The smallest absolute Gasteiger partial charge is 0.213 e. The summed E-state index contributed by atoms with van der Waals surface area (Å²) in [6.45, 7) is 19.1. The molecule has 0 aliphatic carbocycles. The van der Waals surface area contributed by atoms with Gasteiger partial charge in [0.05, 0.1) is 11.4 Å². The molecule has 3 aromatic rings. The fourth-order valence-corrected chi connectivity index (χ4v) is 37.0. The highest BCUT2D eigenvalue weighted by Gasteiger charge is 2.71. The Labute approximate surface area is 218 Å². The molecule has 3 nitrogen and oxygen atoms in total. The predicted molar refractivity (Wildman–Crippen MR) is 163 cm³/mol. The van der Waals surface area contributed by atoms with Crippen LogP contribution in [0, 0.1) is 0 Å². The van der Waals surface area contributed by atoms with E-state index in [1.165, 1.54) is 10.6 Å². The number of benzene rings is 3. The van der Waals surface area contributed by atoms with Crippen LogP contribution in [0.4, 0.5) is 5.69 Å². The summed E-state index contributed by atoms with van der Waals surface area (Å²) in [5.74, 6) is 0. The average Bonchev–Trinajstić information content (AvgIpc) is 2.77. The van der Waals surface area contributed by atoms with Crippen LogP contribution in [0.25, 0.3) is 0 Å². The summed E-state index contributed by atoms with van der Waals surface area (Å²) >= 11 is 7.12. The standard InChI is InChI=1S/C28H39N3P2SSi/c1-27(2,3)30-33(29-24-18-12-9-13-19-24,31(28(4,5)6)35(30,7)8)32(34,25-20-14-10-15-21-25)26-22-16-11-17-23-26/h9-23H,1-8H3. The molecule has 0 unspecified atom stereocenters. The van der Waals surface area contributed by atoms with Gasteiger partial charge in [0.15, 0.2) is 0 Å². The average molecular weight is 540 g/mol. The Balaban J connectivity index is 2.25. The lowest BCUT2D eigenvalue weighted by Crippen LogP contribution is -2.78. The molecule has 35 heavy (non-hydrogen) atoms. The molecule has 0 N–H and O–H groups in total. The lowest BCUT2D eigenvalue weighted by Gasteiger charge is -2.74. The van der Waals surface area contributed by atoms with Crippen LogP contribution in [0.3, 0.4) is 0 Å². The molecule has 0 radical (unpaired) electrons. The van der Waals surface area contributed by atoms with Crippen molar-refractivity contribution in [1.82, 2.24) is 8.67 Å². The van der Waals surface area contributed by atoms with Crippen LogP contribution in [0.1, 0.15) is 41.5 Å². The van der Waals surface area contributed by atoms with E-state index in [9.17, 15) is 0 Å². The molecule has 0 aromatic heterocycles. The second-order valence-electron chi connectivity index (χ2n) is 11.7. The SMILES string of the molecule is CC(C)(C)N1[Si](C)(C)N(C(C)(C)C)P1(=Nc1ccccc1)P(=S)(c1ccccc1)c1ccccc1. The Morgan fingerprint density at radius 2 is 1.00 bits per heavy atom. The summed E-state index contributed by atoms with van der Waals surface area (Å²) < 4.78 is 11.5. The predicted octanol–water partition coefficient (Wildman–Crippen LogP) is 8.31. The van der Waals surface area contributed by atoms with Crippen molar-refractivity contribution >= 4 is 49.3 Å². The molecule has 1 aliphatic heterocycles. The Hall–Kier alpha value is -1.32. The van der Waals surface area contributed by atoms with Crippen LogP contribution >= 0.6 is 12.8 Å². The van der Waals surface area contributed by atoms with Crippen molar-refractivity contribution in [2.75, 3.05) is 0 Å². The summed E-state index contributed by atoms with van der Waals surface area (Å²) in [6, 6.07) is 32.3. The second-order valence-corrected chi connectivity index (χ2v) is 26.4. The van der Waals surface area contributed by atoms with Gasteiger partial charge in [0, 0.05) is 11.1 Å². The highest BCUT2D eigenvalue weighted by Crippen LogP contribution is 2.94. The van der Waals surface area contributed by atoms with Gasteiger partial charge in [0.25, 0.3) is 0 Å².